The van der Waals surface area contributed by atoms with E-state index in [1.807, 2.05) is 13.8 Å². The quantitative estimate of drug-likeness (QED) is 0.557. The Morgan fingerprint density at radius 3 is 3.00 bits per heavy atom. The average molecular weight is 455 g/mol. The van der Waals surface area contributed by atoms with Gasteiger partial charge in [-0.1, -0.05) is 6.07 Å². The summed E-state index contributed by atoms with van der Waals surface area (Å²) in [6.07, 6.45) is 1.34. The van der Waals surface area contributed by atoms with Crippen LogP contribution in [-0.2, 0) is 28.9 Å². The molecule has 10 heteroatoms. The number of anilines is 1. The van der Waals surface area contributed by atoms with Gasteiger partial charge in [0.15, 0.2) is 6.61 Å². The minimum Gasteiger partial charge on any atom is -0.482 e. The second-order valence-electron chi connectivity index (χ2n) is 8.48. The summed E-state index contributed by atoms with van der Waals surface area (Å²) in [6.45, 7) is 4.79. The monoisotopic (exact) mass is 454 g/mol. The lowest BCUT2D eigenvalue weighted by molar-refractivity contribution is -0.118. The second kappa shape index (κ2) is 7.72. The first-order chi connectivity index (χ1) is 15.3. The third-order valence-electron chi connectivity index (χ3n) is 5.51. The highest BCUT2D eigenvalue weighted by molar-refractivity contribution is 7.18. The summed E-state index contributed by atoms with van der Waals surface area (Å²) in [5.41, 5.74) is 1.63. The lowest BCUT2D eigenvalue weighted by Gasteiger charge is -2.22. The van der Waals surface area contributed by atoms with Crippen molar-refractivity contribution < 1.29 is 19.1 Å². The van der Waals surface area contributed by atoms with E-state index in [4.69, 9.17) is 9.47 Å². The molecule has 0 saturated heterocycles. The molecule has 9 nitrogen and oxygen atoms in total. The maximum Gasteiger partial charge on any atom is 0.287 e. The van der Waals surface area contributed by atoms with Crippen LogP contribution in [0.5, 0.6) is 5.75 Å². The summed E-state index contributed by atoms with van der Waals surface area (Å²) in [4.78, 5) is 45.8. The van der Waals surface area contributed by atoms with Crippen LogP contribution in [0.1, 0.15) is 40.5 Å². The molecule has 2 aliphatic rings. The molecule has 3 N–H and O–H groups in total. The zero-order valence-corrected chi connectivity index (χ0v) is 18.5. The van der Waals surface area contributed by atoms with E-state index in [1.54, 1.807) is 18.2 Å². The third kappa shape index (κ3) is 3.87. The fourth-order valence-electron chi connectivity index (χ4n) is 4.01. The van der Waals surface area contributed by atoms with Crippen LogP contribution in [0.4, 0.5) is 5.69 Å². The Kier molecular flexibility index (Phi) is 4.98. The number of carbonyl (C=O) groups is 2. The number of ether oxygens (including phenoxy) is 2. The van der Waals surface area contributed by atoms with E-state index in [0.717, 1.165) is 22.4 Å². The molecule has 0 fully saturated rings. The lowest BCUT2D eigenvalue weighted by Crippen LogP contribution is -2.29. The number of hydrogen-bond donors (Lipinski definition) is 3. The van der Waals surface area contributed by atoms with Crippen LogP contribution in [0.25, 0.3) is 10.2 Å². The number of benzene rings is 1. The Morgan fingerprint density at radius 2 is 2.16 bits per heavy atom. The molecule has 0 unspecified atom stereocenters. The summed E-state index contributed by atoms with van der Waals surface area (Å²) in [7, 11) is 0. The third-order valence-corrected chi connectivity index (χ3v) is 6.70. The fourth-order valence-corrected chi connectivity index (χ4v) is 5.18. The smallest absolute Gasteiger partial charge is 0.287 e. The standard InChI is InChI=1S/C22H22N4O5S/c1-22(2)8-12-15(5-6-31-22)32-21-17(12)19(28)25-18(26-21)20(29)23-9-11-3-4-14-13(7-11)24-16(27)10-30-14/h3-4,7H,5-6,8-10H2,1-2H3,(H,23,29)(H,24,27)(H,25,26,28). The molecule has 32 heavy (non-hydrogen) atoms. The van der Waals surface area contributed by atoms with Gasteiger partial charge in [-0.15, -0.1) is 11.3 Å². The van der Waals surface area contributed by atoms with Crippen LogP contribution < -0.4 is 20.9 Å². The van der Waals surface area contributed by atoms with E-state index in [1.165, 1.54) is 11.3 Å². The number of aromatic amines is 1. The maximum atomic E-state index is 12.9. The molecule has 3 aromatic rings. The van der Waals surface area contributed by atoms with Crippen molar-refractivity contribution in [1.82, 2.24) is 15.3 Å². The van der Waals surface area contributed by atoms with Crippen molar-refractivity contribution in [3.8, 4) is 5.75 Å². The number of H-pyrrole nitrogens is 1. The van der Waals surface area contributed by atoms with E-state index in [0.29, 0.717) is 34.7 Å². The van der Waals surface area contributed by atoms with E-state index < -0.39 is 5.91 Å². The molecule has 166 valence electrons. The summed E-state index contributed by atoms with van der Waals surface area (Å²) in [5.74, 6) is -0.140. The van der Waals surface area contributed by atoms with Gasteiger partial charge in [0.05, 0.1) is 23.3 Å². The molecule has 0 aliphatic carbocycles. The highest BCUT2D eigenvalue weighted by Crippen LogP contribution is 2.34. The zero-order chi connectivity index (χ0) is 22.5. The average Bonchev–Trinajstić information content (AvgIpc) is 3.00. The molecule has 4 heterocycles. The van der Waals surface area contributed by atoms with E-state index >= 15 is 0 Å². The SMILES string of the molecule is CC1(C)Cc2c(sc3nc(C(=O)NCc4ccc5c(c4)NC(=O)CO5)[nH]c(=O)c23)CCO1. The zero-order valence-electron chi connectivity index (χ0n) is 17.7. The first-order valence-corrected chi connectivity index (χ1v) is 11.1. The molecular formula is C22H22N4O5S. The highest BCUT2D eigenvalue weighted by atomic mass is 32.1. The van der Waals surface area contributed by atoms with Crippen LogP contribution in [0.15, 0.2) is 23.0 Å². The largest absolute Gasteiger partial charge is 0.482 e. The van der Waals surface area contributed by atoms with Crippen molar-refractivity contribution >= 4 is 39.1 Å². The lowest BCUT2D eigenvalue weighted by atomic mass is 9.97. The van der Waals surface area contributed by atoms with Gasteiger partial charge in [0.1, 0.15) is 10.6 Å². The number of thiophene rings is 1. The van der Waals surface area contributed by atoms with Crippen molar-refractivity contribution in [2.24, 2.45) is 0 Å². The first kappa shape index (κ1) is 20.7. The minimum absolute atomic E-state index is 0.0126. The van der Waals surface area contributed by atoms with Crippen LogP contribution >= 0.6 is 11.3 Å². The summed E-state index contributed by atoms with van der Waals surface area (Å²) < 4.78 is 11.2. The molecule has 0 radical (unpaired) electrons. The molecule has 5 rings (SSSR count). The molecule has 2 aliphatic heterocycles. The van der Waals surface area contributed by atoms with Gasteiger partial charge in [0.2, 0.25) is 5.82 Å². The Morgan fingerprint density at radius 1 is 1.31 bits per heavy atom. The number of carbonyl (C=O) groups excluding carboxylic acids is 2. The van der Waals surface area contributed by atoms with Gasteiger partial charge in [-0.2, -0.15) is 0 Å². The van der Waals surface area contributed by atoms with Crippen molar-refractivity contribution in [2.45, 2.75) is 38.8 Å². The van der Waals surface area contributed by atoms with Crippen LogP contribution in [0.3, 0.4) is 0 Å². The number of amides is 2. The van der Waals surface area contributed by atoms with Crippen LogP contribution in [0.2, 0.25) is 0 Å². The predicted octanol–water partition coefficient (Wildman–Crippen LogP) is 2.14. The maximum absolute atomic E-state index is 12.9. The number of hydrogen-bond acceptors (Lipinski definition) is 7. The molecule has 0 saturated carbocycles. The summed E-state index contributed by atoms with van der Waals surface area (Å²) in [5, 5.41) is 6.05. The molecular weight excluding hydrogens is 432 g/mol. The van der Waals surface area contributed by atoms with Gasteiger partial charge in [0.25, 0.3) is 17.4 Å². The summed E-state index contributed by atoms with van der Waals surface area (Å²) in [6, 6.07) is 5.29. The Labute approximate surface area is 187 Å². The number of aromatic nitrogens is 2. The number of nitrogens with zero attached hydrogens (tertiary/aromatic N) is 1. The fraction of sp³-hybridized carbons (Fsp3) is 0.364. The Bertz CT molecular complexity index is 1310. The molecule has 1 aromatic carbocycles. The minimum atomic E-state index is -0.478. The first-order valence-electron chi connectivity index (χ1n) is 10.3. The van der Waals surface area contributed by atoms with E-state index in [9.17, 15) is 14.4 Å². The van der Waals surface area contributed by atoms with Crippen molar-refractivity contribution in [1.29, 1.82) is 0 Å². The molecule has 2 amide bonds. The van der Waals surface area contributed by atoms with Gasteiger partial charge in [-0.05, 0) is 37.1 Å². The predicted molar refractivity (Wildman–Crippen MR) is 119 cm³/mol. The second-order valence-corrected chi connectivity index (χ2v) is 9.57. The normalized spacial score (nSPS) is 17.0. The molecule has 0 bridgehead atoms. The van der Waals surface area contributed by atoms with E-state index in [-0.39, 0.29) is 36.0 Å². The molecule has 2 aromatic heterocycles. The van der Waals surface area contributed by atoms with Gasteiger partial charge in [-0.3, -0.25) is 14.4 Å². The topological polar surface area (TPSA) is 122 Å². The molecule has 0 spiro atoms. The highest BCUT2D eigenvalue weighted by Gasteiger charge is 2.29. The van der Waals surface area contributed by atoms with Crippen LogP contribution in [0, 0.1) is 0 Å². The number of rotatable bonds is 3. The van der Waals surface area contributed by atoms with Gasteiger partial charge in [-0.25, -0.2) is 4.98 Å². The van der Waals surface area contributed by atoms with E-state index in [2.05, 4.69) is 20.6 Å². The molecule has 0 atom stereocenters. The number of nitrogens with one attached hydrogen (secondary N) is 3. The van der Waals surface area contributed by atoms with Crippen molar-refractivity contribution in [2.75, 3.05) is 18.5 Å². The van der Waals surface area contributed by atoms with Gasteiger partial charge < -0.3 is 25.1 Å². The Balaban J connectivity index is 1.37. The Hall–Kier alpha value is -3.24. The van der Waals surface area contributed by atoms with Crippen molar-refractivity contribution in [3.63, 3.8) is 0 Å². The summed E-state index contributed by atoms with van der Waals surface area (Å²) >= 11 is 1.44. The van der Waals surface area contributed by atoms with Crippen molar-refractivity contribution in [3.05, 3.63) is 50.4 Å². The van der Waals surface area contributed by atoms with Crippen LogP contribution in [-0.4, -0.2) is 40.6 Å². The van der Waals surface area contributed by atoms with Gasteiger partial charge in [0, 0.05) is 24.3 Å². The van der Waals surface area contributed by atoms with Gasteiger partial charge >= 0.3 is 0 Å². The number of fused-ring (bicyclic) bond motifs is 4.